The van der Waals surface area contributed by atoms with Crippen LogP contribution in [-0.2, 0) is 0 Å². The fraction of sp³-hybridized carbons (Fsp3) is 0.833. The molecule has 132 valence electrons. The lowest BCUT2D eigenvalue weighted by Crippen LogP contribution is -2.42. The Labute approximate surface area is 140 Å². The topological polar surface area (TPSA) is 59.3 Å². The summed E-state index contributed by atoms with van der Waals surface area (Å²) in [6, 6.07) is 0.572. The normalized spacial score (nSPS) is 25.2. The summed E-state index contributed by atoms with van der Waals surface area (Å²) in [6.07, 6.45) is 1.92. The Morgan fingerprint density at radius 2 is 1.83 bits per heavy atom. The number of aliphatic hydroxyl groups excluding tert-OH is 2. The summed E-state index contributed by atoms with van der Waals surface area (Å²) < 4.78 is 0. The van der Waals surface area contributed by atoms with E-state index >= 15 is 0 Å². The predicted molar refractivity (Wildman–Crippen MR) is 94.5 cm³/mol. The van der Waals surface area contributed by atoms with Crippen molar-refractivity contribution in [2.24, 2.45) is 10.4 Å². The van der Waals surface area contributed by atoms with Gasteiger partial charge in [0.1, 0.15) is 5.84 Å². The number of hydrogen-bond donors (Lipinski definition) is 2. The molecule has 2 aliphatic rings. The van der Waals surface area contributed by atoms with E-state index in [1.807, 2.05) is 0 Å². The first-order chi connectivity index (χ1) is 10.8. The van der Waals surface area contributed by atoms with Crippen molar-refractivity contribution in [1.82, 2.24) is 9.80 Å². The summed E-state index contributed by atoms with van der Waals surface area (Å²) in [6.45, 7) is 13.6. The molecule has 0 aromatic heterocycles. The SMILES string of the molecule is CCC1=N[C@@H](C)C(C(C)(C)C)=C2CC(N(CCO)CCO)CN12. The molecule has 1 fully saturated rings. The molecule has 0 radical (unpaired) electrons. The minimum Gasteiger partial charge on any atom is -0.395 e. The highest BCUT2D eigenvalue weighted by atomic mass is 16.3. The Hall–Kier alpha value is -0.910. The second-order valence-corrected chi connectivity index (χ2v) is 7.64. The molecule has 5 nitrogen and oxygen atoms in total. The average Bonchev–Trinajstić information content (AvgIpc) is 2.88. The Morgan fingerprint density at radius 3 is 2.30 bits per heavy atom. The second kappa shape index (κ2) is 7.32. The number of nitrogens with zero attached hydrogens (tertiary/aromatic N) is 3. The first kappa shape index (κ1) is 18.4. The number of aliphatic imine (C=N–C) groups is 1. The third-order valence-electron chi connectivity index (χ3n) is 4.95. The zero-order valence-electron chi connectivity index (χ0n) is 15.3. The van der Waals surface area contributed by atoms with E-state index < -0.39 is 0 Å². The molecule has 2 aliphatic heterocycles. The highest BCUT2D eigenvalue weighted by Gasteiger charge is 2.40. The Kier molecular flexibility index (Phi) is 5.87. The van der Waals surface area contributed by atoms with Crippen LogP contribution in [0.25, 0.3) is 0 Å². The minimum absolute atomic E-state index is 0.101. The molecule has 0 aromatic rings. The van der Waals surface area contributed by atoms with Crippen LogP contribution < -0.4 is 0 Å². The Balaban J connectivity index is 2.34. The van der Waals surface area contributed by atoms with Crippen molar-refractivity contribution >= 4 is 5.84 Å². The Bertz CT molecular complexity index is 473. The van der Waals surface area contributed by atoms with Gasteiger partial charge in [-0.1, -0.05) is 27.7 Å². The van der Waals surface area contributed by atoms with E-state index in [0.717, 1.165) is 19.4 Å². The fourth-order valence-electron chi connectivity index (χ4n) is 4.15. The molecular weight excluding hydrogens is 290 g/mol. The first-order valence-electron chi connectivity index (χ1n) is 8.87. The molecule has 5 heteroatoms. The maximum atomic E-state index is 9.33. The van der Waals surface area contributed by atoms with E-state index in [1.54, 1.807) is 0 Å². The molecule has 0 spiro atoms. The van der Waals surface area contributed by atoms with Crippen molar-refractivity contribution in [3.05, 3.63) is 11.3 Å². The maximum absolute atomic E-state index is 9.33. The van der Waals surface area contributed by atoms with E-state index in [9.17, 15) is 10.2 Å². The van der Waals surface area contributed by atoms with Gasteiger partial charge in [0.2, 0.25) is 0 Å². The highest BCUT2D eigenvalue weighted by molar-refractivity contribution is 5.86. The van der Waals surface area contributed by atoms with Crippen LogP contribution in [0.5, 0.6) is 0 Å². The van der Waals surface area contributed by atoms with Gasteiger partial charge in [-0.25, -0.2) is 0 Å². The van der Waals surface area contributed by atoms with E-state index in [1.165, 1.54) is 17.1 Å². The van der Waals surface area contributed by atoms with Gasteiger partial charge < -0.3 is 15.1 Å². The van der Waals surface area contributed by atoms with E-state index in [4.69, 9.17) is 4.99 Å². The van der Waals surface area contributed by atoms with Gasteiger partial charge in [-0.05, 0) is 17.9 Å². The summed E-state index contributed by atoms with van der Waals surface area (Å²) in [7, 11) is 0. The lowest BCUT2D eigenvalue weighted by molar-refractivity contribution is 0.126. The van der Waals surface area contributed by atoms with Crippen molar-refractivity contribution in [2.45, 2.75) is 59.5 Å². The molecule has 0 amide bonds. The van der Waals surface area contributed by atoms with Gasteiger partial charge in [-0.2, -0.15) is 0 Å². The monoisotopic (exact) mass is 323 g/mol. The van der Waals surface area contributed by atoms with Crippen LogP contribution in [0.2, 0.25) is 0 Å². The van der Waals surface area contributed by atoms with Gasteiger partial charge in [0, 0.05) is 44.2 Å². The maximum Gasteiger partial charge on any atom is 0.104 e. The third-order valence-corrected chi connectivity index (χ3v) is 4.95. The zero-order chi connectivity index (χ0) is 17.2. The zero-order valence-corrected chi connectivity index (χ0v) is 15.3. The first-order valence-corrected chi connectivity index (χ1v) is 8.87. The standard InChI is InChI=1S/C18H33N3O2/c1-6-16-19-13(2)17(18(3,4)5)15-11-14(12-21(15)16)20(7-9-22)8-10-23/h13-14,22-23H,6-12H2,1-5H3/t13-,14?/m0/s1. The van der Waals surface area contributed by atoms with Crippen LogP contribution in [0.1, 0.15) is 47.5 Å². The minimum atomic E-state index is 0.101. The van der Waals surface area contributed by atoms with Gasteiger partial charge in [0.25, 0.3) is 0 Å². The van der Waals surface area contributed by atoms with Crippen LogP contribution in [0, 0.1) is 5.41 Å². The number of rotatable bonds is 6. The van der Waals surface area contributed by atoms with Crippen molar-refractivity contribution in [1.29, 1.82) is 0 Å². The number of fused-ring (bicyclic) bond motifs is 1. The molecule has 2 heterocycles. The lowest BCUT2D eigenvalue weighted by atomic mass is 9.80. The summed E-state index contributed by atoms with van der Waals surface area (Å²) in [4.78, 5) is 9.55. The molecular formula is C18H33N3O2. The predicted octanol–water partition coefficient (Wildman–Crippen LogP) is 1.86. The van der Waals surface area contributed by atoms with Gasteiger partial charge >= 0.3 is 0 Å². The lowest BCUT2D eigenvalue weighted by Gasteiger charge is -2.37. The van der Waals surface area contributed by atoms with Gasteiger partial charge in [-0.3, -0.25) is 9.89 Å². The molecule has 0 saturated carbocycles. The average molecular weight is 323 g/mol. The summed E-state index contributed by atoms with van der Waals surface area (Å²) in [5, 5.41) is 18.7. The quantitative estimate of drug-likeness (QED) is 0.783. The van der Waals surface area contributed by atoms with Crippen molar-refractivity contribution in [3.8, 4) is 0 Å². The van der Waals surface area contributed by atoms with Crippen LogP contribution in [-0.4, -0.2) is 70.8 Å². The number of aliphatic hydroxyl groups is 2. The third kappa shape index (κ3) is 3.78. The van der Waals surface area contributed by atoms with Crippen LogP contribution in [0.4, 0.5) is 0 Å². The fourth-order valence-corrected chi connectivity index (χ4v) is 4.15. The van der Waals surface area contributed by atoms with Crippen molar-refractivity contribution < 1.29 is 10.2 Å². The van der Waals surface area contributed by atoms with Gasteiger partial charge in [-0.15, -0.1) is 0 Å². The smallest absolute Gasteiger partial charge is 0.104 e. The molecule has 2 N–H and O–H groups in total. The molecule has 23 heavy (non-hydrogen) atoms. The van der Waals surface area contributed by atoms with E-state index in [0.29, 0.717) is 19.1 Å². The molecule has 1 unspecified atom stereocenters. The summed E-state index contributed by atoms with van der Waals surface area (Å²) >= 11 is 0. The number of hydrogen-bond acceptors (Lipinski definition) is 5. The van der Waals surface area contributed by atoms with Crippen molar-refractivity contribution in [3.63, 3.8) is 0 Å². The second-order valence-electron chi connectivity index (χ2n) is 7.64. The highest BCUT2D eigenvalue weighted by Crippen LogP contribution is 2.41. The molecule has 0 aromatic carbocycles. The van der Waals surface area contributed by atoms with Crippen LogP contribution in [0.3, 0.4) is 0 Å². The summed E-state index contributed by atoms with van der Waals surface area (Å²) in [5.41, 5.74) is 2.96. The van der Waals surface area contributed by atoms with Crippen LogP contribution in [0.15, 0.2) is 16.3 Å². The molecule has 0 bridgehead atoms. The van der Waals surface area contributed by atoms with E-state index in [2.05, 4.69) is 44.4 Å². The van der Waals surface area contributed by atoms with Crippen LogP contribution >= 0.6 is 0 Å². The molecule has 0 aliphatic carbocycles. The van der Waals surface area contributed by atoms with Gasteiger partial charge in [0.05, 0.1) is 19.3 Å². The number of amidine groups is 1. The van der Waals surface area contributed by atoms with E-state index in [-0.39, 0.29) is 24.7 Å². The van der Waals surface area contributed by atoms with Crippen molar-refractivity contribution in [2.75, 3.05) is 32.8 Å². The summed E-state index contributed by atoms with van der Waals surface area (Å²) in [5.74, 6) is 1.18. The largest absolute Gasteiger partial charge is 0.395 e. The van der Waals surface area contributed by atoms with Gasteiger partial charge in [0.15, 0.2) is 0 Å². The molecule has 2 atom stereocenters. The molecule has 2 rings (SSSR count). The Morgan fingerprint density at radius 1 is 1.22 bits per heavy atom. The molecule has 1 saturated heterocycles.